The van der Waals surface area contributed by atoms with Crippen LogP contribution < -0.4 is 9.79 Å². The van der Waals surface area contributed by atoms with E-state index in [9.17, 15) is 8.63 Å². The van der Waals surface area contributed by atoms with Crippen LogP contribution in [0.15, 0.2) is 41.3 Å². The highest BCUT2D eigenvalue weighted by molar-refractivity contribution is 6.32. The first-order valence-electron chi connectivity index (χ1n) is 6.96. The van der Waals surface area contributed by atoms with Gasteiger partial charge >= 0.3 is 7.40 Å². The lowest BCUT2D eigenvalue weighted by Gasteiger charge is -2.19. The minimum Gasteiger partial charge on any atom is -0.359 e. The highest BCUT2D eigenvalue weighted by atomic mass is 19.2. The van der Waals surface area contributed by atoms with Crippen LogP contribution in [0.4, 0.5) is 8.63 Å². The number of hydrogen-bond donors (Lipinski definition) is 1. The summed E-state index contributed by atoms with van der Waals surface area (Å²) < 4.78 is 28.0. The van der Waals surface area contributed by atoms with Crippen LogP contribution in [0.3, 0.4) is 0 Å². The van der Waals surface area contributed by atoms with E-state index < -0.39 is 7.40 Å². The fourth-order valence-corrected chi connectivity index (χ4v) is 2.68. The van der Waals surface area contributed by atoms with E-state index in [1.807, 2.05) is 45.9 Å². The van der Waals surface area contributed by atoms with Gasteiger partial charge in [0.25, 0.3) is 0 Å². The van der Waals surface area contributed by atoms with Crippen molar-refractivity contribution in [3.63, 3.8) is 0 Å². The zero-order chi connectivity index (χ0) is 15.7. The third-order valence-electron chi connectivity index (χ3n) is 3.79. The van der Waals surface area contributed by atoms with Crippen LogP contribution >= 0.6 is 0 Å². The van der Waals surface area contributed by atoms with Crippen LogP contribution in [0.1, 0.15) is 37.7 Å². The molecule has 0 bridgehead atoms. The summed E-state index contributed by atoms with van der Waals surface area (Å²) in [5.74, 6) is 0. The maximum atomic E-state index is 13.5. The first-order chi connectivity index (χ1) is 9.82. The number of pyridine rings is 1. The highest BCUT2D eigenvalue weighted by Gasteiger charge is 2.38. The number of hydrogen-bond acceptors (Lipinski definition) is 1. The normalized spacial score (nSPS) is 16.9. The Balaban J connectivity index is 2.70. The smallest absolute Gasteiger partial charge is 0.359 e. The minimum absolute atomic E-state index is 0.551. The minimum atomic E-state index is -2.56. The Labute approximate surface area is 125 Å². The second-order valence-electron chi connectivity index (χ2n) is 5.48. The van der Waals surface area contributed by atoms with E-state index in [4.69, 9.17) is 0 Å². The van der Waals surface area contributed by atoms with Crippen LogP contribution in [0.5, 0.6) is 0 Å². The Morgan fingerprint density at radius 3 is 2.38 bits per heavy atom. The number of dihydropyridines is 1. The van der Waals surface area contributed by atoms with Gasteiger partial charge in [-0.05, 0) is 45.4 Å². The molecule has 0 fully saturated rings. The molecule has 0 atom stereocenters. The maximum absolute atomic E-state index is 13.5. The molecule has 0 amide bonds. The van der Waals surface area contributed by atoms with E-state index in [2.05, 4.69) is 5.32 Å². The van der Waals surface area contributed by atoms with Crippen LogP contribution in [-0.2, 0) is 0 Å². The van der Waals surface area contributed by atoms with Gasteiger partial charge < -0.3 is 5.32 Å². The van der Waals surface area contributed by atoms with Gasteiger partial charge in [-0.3, -0.25) is 0 Å². The third kappa shape index (κ3) is 2.92. The van der Waals surface area contributed by atoms with Crippen molar-refractivity contribution < 1.29 is 13.1 Å². The number of allylic oxidation sites excluding steroid dienone is 5. The molecule has 0 radical (unpaired) electrons. The van der Waals surface area contributed by atoms with E-state index in [1.54, 1.807) is 13.0 Å². The fourth-order valence-electron chi connectivity index (χ4n) is 2.68. The van der Waals surface area contributed by atoms with Gasteiger partial charge in [0.15, 0.2) is 11.4 Å². The number of aromatic nitrogens is 1. The quantitative estimate of drug-likeness (QED) is 0.823. The third-order valence-corrected chi connectivity index (χ3v) is 3.79. The molecule has 0 aliphatic carbocycles. The molecule has 1 aliphatic heterocycles. The van der Waals surface area contributed by atoms with Crippen molar-refractivity contribution in [3.8, 4) is 0 Å². The van der Waals surface area contributed by atoms with Crippen LogP contribution in [-0.4, -0.2) is 7.40 Å². The number of nitrogens with one attached hydrogen (secondary N) is 1. The number of nitrogens with zero attached hydrogens (tertiary/aromatic N) is 1. The molecule has 1 aromatic rings. The standard InChI is InChI=1S/C16H19BF2N2/c1-10-6-8-12(3)20-15(10)14(5)16-11(2)7-9-13(4)21(16)17(18)19/h6-9H,1-5H3/p+1. The topological polar surface area (TPSA) is 15.9 Å². The lowest BCUT2D eigenvalue weighted by molar-refractivity contribution is -0.564. The Kier molecular flexibility index (Phi) is 4.30. The molecule has 2 nitrogen and oxygen atoms in total. The molecule has 0 aromatic carbocycles. The van der Waals surface area contributed by atoms with Gasteiger partial charge in [-0.15, -0.1) is 0 Å². The molecule has 1 aliphatic rings. The Morgan fingerprint density at radius 2 is 1.76 bits per heavy atom. The molecular weight excluding hydrogens is 269 g/mol. The maximum Gasteiger partial charge on any atom is 0.934 e. The van der Waals surface area contributed by atoms with E-state index >= 15 is 0 Å². The SMILES string of the molecule is CC1=CC=C(C)/C(=C(\C)c2c(C)ccc(C)[n+]2B(F)F)N1. The average molecular weight is 289 g/mol. The van der Waals surface area contributed by atoms with Gasteiger partial charge in [0.1, 0.15) is 0 Å². The molecule has 1 aromatic heterocycles. The van der Waals surface area contributed by atoms with E-state index in [1.165, 1.54) is 0 Å². The second-order valence-corrected chi connectivity index (χ2v) is 5.48. The summed E-state index contributed by atoms with van der Waals surface area (Å²) in [7, 11) is -2.56. The number of rotatable bonds is 2. The zero-order valence-electron chi connectivity index (χ0n) is 13.1. The van der Waals surface area contributed by atoms with E-state index in [-0.39, 0.29) is 0 Å². The largest absolute Gasteiger partial charge is 0.934 e. The molecular formula is C16H20BF2N2+. The second kappa shape index (κ2) is 5.84. The van der Waals surface area contributed by atoms with Crippen molar-refractivity contribution in [2.45, 2.75) is 34.6 Å². The van der Waals surface area contributed by atoms with Crippen molar-refractivity contribution in [1.82, 2.24) is 5.32 Å². The summed E-state index contributed by atoms with van der Waals surface area (Å²) in [6.45, 7) is 9.39. The summed E-state index contributed by atoms with van der Waals surface area (Å²) in [4.78, 5) is 0. The molecule has 2 heterocycles. The monoisotopic (exact) mass is 289 g/mol. The molecule has 0 spiro atoms. The summed E-state index contributed by atoms with van der Waals surface area (Å²) in [6.07, 6.45) is 3.99. The lowest BCUT2D eigenvalue weighted by Crippen LogP contribution is -2.52. The predicted octanol–water partition coefficient (Wildman–Crippen LogP) is 3.55. The molecule has 2 rings (SSSR count). The average Bonchev–Trinajstić information content (AvgIpc) is 2.42. The van der Waals surface area contributed by atoms with Gasteiger partial charge in [0.05, 0.1) is 5.70 Å². The lowest BCUT2D eigenvalue weighted by atomic mass is 9.97. The first kappa shape index (κ1) is 15.5. The molecule has 110 valence electrons. The predicted molar refractivity (Wildman–Crippen MR) is 82.7 cm³/mol. The molecule has 0 unspecified atom stereocenters. The van der Waals surface area contributed by atoms with Gasteiger partial charge in [-0.2, -0.15) is 0 Å². The molecule has 1 N–H and O–H groups in total. The van der Waals surface area contributed by atoms with Crippen molar-refractivity contribution in [2.75, 3.05) is 0 Å². The van der Waals surface area contributed by atoms with Crippen LogP contribution in [0.25, 0.3) is 5.57 Å². The summed E-state index contributed by atoms with van der Waals surface area (Å²) in [5, 5.41) is 3.29. The highest BCUT2D eigenvalue weighted by Crippen LogP contribution is 2.25. The van der Waals surface area contributed by atoms with Crippen molar-refractivity contribution in [1.29, 1.82) is 0 Å². The Morgan fingerprint density at radius 1 is 1.10 bits per heavy atom. The fraction of sp³-hybridized carbons (Fsp3) is 0.312. The number of aryl methyl sites for hydroxylation is 2. The first-order valence-corrected chi connectivity index (χ1v) is 6.96. The van der Waals surface area contributed by atoms with Crippen molar-refractivity contribution >= 4 is 13.0 Å². The van der Waals surface area contributed by atoms with Gasteiger partial charge in [-0.1, -0.05) is 6.08 Å². The Bertz CT molecular complexity index is 673. The summed E-state index contributed by atoms with van der Waals surface area (Å²) in [6, 6.07) is 3.61. The molecule has 0 saturated heterocycles. The number of halogens is 2. The van der Waals surface area contributed by atoms with Gasteiger partial charge in [0.2, 0.25) is 0 Å². The van der Waals surface area contributed by atoms with E-state index in [0.29, 0.717) is 11.4 Å². The zero-order valence-corrected chi connectivity index (χ0v) is 13.1. The summed E-state index contributed by atoms with van der Waals surface area (Å²) in [5.41, 5.74) is 5.75. The van der Waals surface area contributed by atoms with Crippen LogP contribution in [0.2, 0.25) is 0 Å². The van der Waals surface area contributed by atoms with Crippen molar-refractivity contribution in [2.24, 2.45) is 0 Å². The summed E-state index contributed by atoms with van der Waals surface area (Å²) >= 11 is 0. The molecule has 0 saturated carbocycles. The van der Waals surface area contributed by atoms with Crippen LogP contribution in [0, 0.1) is 13.8 Å². The molecule has 5 heteroatoms. The van der Waals surface area contributed by atoms with E-state index in [0.717, 1.165) is 32.6 Å². The molecule has 21 heavy (non-hydrogen) atoms. The Hall–Kier alpha value is -1.91. The van der Waals surface area contributed by atoms with Gasteiger partial charge in [-0.25, -0.2) is 13.1 Å². The van der Waals surface area contributed by atoms with Crippen molar-refractivity contribution in [3.05, 3.63) is 58.2 Å². The van der Waals surface area contributed by atoms with Gasteiger partial charge in [0, 0.05) is 29.8 Å².